The van der Waals surface area contributed by atoms with Gasteiger partial charge >= 0.3 is 0 Å². The molecule has 1 saturated heterocycles. The summed E-state index contributed by atoms with van der Waals surface area (Å²) in [5, 5.41) is 9.37. The van der Waals surface area contributed by atoms with Crippen LogP contribution in [-0.4, -0.2) is 41.7 Å². The number of aromatic hydroxyl groups is 1. The number of carbonyl (C=O) groups excluding carboxylic acids is 1. The summed E-state index contributed by atoms with van der Waals surface area (Å²) >= 11 is 0. The topological polar surface area (TPSA) is 49.8 Å². The Morgan fingerprint density at radius 2 is 1.83 bits per heavy atom. The predicted octanol–water partition coefficient (Wildman–Crippen LogP) is 3.55. The minimum atomic E-state index is -0.348. The number of ether oxygens (including phenoxy) is 1. The summed E-state index contributed by atoms with van der Waals surface area (Å²) in [6.07, 6.45) is 2.57. The highest BCUT2D eigenvalue weighted by atomic mass is 16.5. The van der Waals surface area contributed by atoms with E-state index in [0.29, 0.717) is 24.2 Å². The fraction of sp³-hybridized carbons (Fsp3) is 0.632. The van der Waals surface area contributed by atoms with Crippen LogP contribution in [0.1, 0.15) is 51.5 Å². The van der Waals surface area contributed by atoms with Gasteiger partial charge in [-0.15, -0.1) is 0 Å². The number of piperidine rings is 1. The third-order valence-corrected chi connectivity index (χ3v) is 4.58. The van der Waals surface area contributed by atoms with Crippen LogP contribution in [0.15, 0.2) is 24.3 Å². The van der Waals surface area contributed by atoms with Crippen LogP contribution in [0.2, 0.25) is 0 Å². The standard InChI is InChI=1S/C19H29NO3/c1-14(2)10-13-23-15(3)19(22)20-11-8-17(9-12-20)16-4-6-18(21)7-5-16/h4-7,14-15,17,21H,8-13H2,1-3H3. The monoisotopic (exact) mass is 319 g/mol. The molecule has 1 aromatic rings. The Kier molecular flexibility index (Phi) is 6.46. The van der Waals surface area contributed by atoms with E-state index in [1.165, 1.54) is 5.56 Å². The molecule has 1 atom stereocenters. The molecule has 4 heteroatoms. The highest BCUT2D eigenvalue weighted by Crippen LogP contribution is 2.29. The highest BCUT2D eigenvalue weighted by Gasteiger charge is 2.27. The molecule has 0 bridgehead atoms. The second kappa shape index (κ2) is 8.34. The number of hydrogen-bond donors (Lipinski definition) is 1. The Hall–Kier alpha value is -1.55. The molecule has 0 radical (unpaired) electrons. The van der Waals surface area contributed by atoms with Crippen molar-refractivity contribution in [2.24, 2.45) is 5.92 Å². The van der Waals surface area contributed by atoms with Gasteiger partial charge in [-0.1, -0.05) is 26.0 Å². The summed E-state index contributed by atoms with van der Waals surface area (Å²) in [6.45, 7) is 8.38. The van der Waals surface area contributed by atoms with Crippen molar-refractivity contribution in [3.05, 3.63) is 29.8 Å². The minimum absolute atomic E-state index is 0.109. The van der Waals surface area contributed by atoms with Crippen molar-refractivity contribution in [1.29, 1.82) is 0 Å². The number of benzene rings is 1. The van der Waals surface area contributed by atoms with E-state index >= 15 is 0 Å². The van der Waals surface area contributed by atoms with Crippen LogP contribution in [0.5, 0.6) is 5.75 Å². The van der Waals surface area contributed by atoms with Crippen LogP contribution in [0, 0.1) is 5.92 Å². The number of nitrogens with zero attached hydrogens (tertiary/aromatic N) is 1. The molecule has 1 fully saturated rings. The first-order valence-electron chi connectivity index (χ1n) is 8.66. The van der Waals surface area contributed by atoms with Crippen molar-refractivity contribution in [1.82, 2.24) is 4.90 Å². The molecule has 128 valence electrons. The first-order valence-corrected chi connectivity index (χ1v) is 8.66. The van der Waals surface area contributed by atoms with E-state index in [4.69, 9.17) is 4.74 Å². The molecule has 0 spiro atoms. The van der Waals surface area contributed by atoms with Crippen LogP contribution in [0.4, 0.5) is 0 Å². The van der Waals surface area contributed by atoms with E-state index in [1.807, 2.05) is 24.0 Å². The normalized spacial score (nSPS) is 17.5. The first kappa shape index (κ1) is 17.8. The average Bonchev–Trinajstić information content (AvgIpc) is 2.54. The van der Waals surface area contributed by atoms with Crippen molar-refractivity contribution in [3.63, 3.8) is 0 Å². The van der Waals surface area contributed by atoms with Gasteiger partial charge in [0.1, 0.15) is 11.9 Å². The molecule has 1 aromatic carbocycles. The Balaban J connectivity index is 1.79. The molecule has 0 aromatic heterocycles. The van der Waals surface area contributed by atoms with E-state index < -0.39 is 0 Å². The molecule has 1 heterocycles. The lowest BCUT2D eigenvalue weighted by atomic mass is 9.89. The van der Waals surface area contributed by atoms with Gasteiger partial charge in [-0.05, 0) is 55.7 Å². The second-order valence-electron chi connectivity index (χ2n) is 6.89. The van der Waals surface area contributed by atoms with Crippen LogP contribution < -0.4 is 0 Å². The number of amides is 1. The molecule has 23 heavy (non-hydrogen) atoms. The van der Waals surface area contributed by atoms with Crippen molar-refractivity contribution >= 4 is 5.91 Å². The molecule has 1 amide bonds. The summed E-state index contributed by atoms with van der Waals surface area (Å²) in [5.74, 6) is 1.47. The van der Waals surface area contributed by atoms with Crippen molar-refractivity contribution in [2.45, 2.75) is 52.1 Å². The molecule has 1 aliphatic rings. The lowest BCUT2D eigenvalue weighted by molar-refractivity contribution is -0.143. The summed E-state index contributed by atoms with van der Waals surface area (Å²) in [6, 6.07) is 7.43. The third kappa shape index (κ3) is 5.24. The Morgan fingerprint density at radius 1 is 1.22 bits per heavy atom. The van der Waals surface area contributed by atoms with Gasteiger partial charge in [0.15, 0.2) is 0 Å². The summed E-state index contributed by atoms with van der Waals surface area (Å²) in [7, 11) is 0. The zero-order valence-corrected chi connectivity index (χ0v) is 14.5. The van der Waals surface area contributed by atoms with Gasteiger partial charge in [0.25, 0.3) is 5.91 Å². The Morgan fingerprint density at radius 3 is 2.39 bits per heavy atom. The molecule has 1 aliphatic heterocycles. The van der Waals surface area contributed by atoms with Crippen molar-refractivity contribution in [3.8, 4) is 5.75 Å². The number of hydrogen-bond acceptors (Lipinski definition) is 3. The summed E-state index contributed by atoms with van der Waals surface area (Å²) in [4.78, 5) is 14.4. The van der Waals surface area contributed by atoms with Crippen LogP contribution >= 0.6 is 0 Å². The molecule has 1 unspecified atom stereocenters. The van der Waals surface area contributed by atoms with Gasteiger partial charge in [-0.3, -0.25) is 4.79 Å². The maximum atomic E-state index is 12.4. The van der Waals surface area contributed by atoms with E-state index in [2.05, 4.69) is 13.8 Å². The van der Waals surface area contributed by atoms with Crippen LogP contribution in [0.25, 0.3) is 0 Å². The first-order chi connectivity index (χ1) is 11.0. The SMILES string of the molecule is CC(C)CCOC(C)C(=O)N1CCC(c2ccc(O)cc2)CC1. The number of phenols is 1. The van der Waals surface area contributed by atoms with Gasteiger partial charge in [-0.2, -0.15) is 0 Å². The van der Waals surface area contributed by atoms with Gasteiger partial charge < -0.3 is 14.7 Å². The fourth-order valence-corrected chi connectivity index (χ4v) is 2.99. The Labute approximate surface area is 139 Å². The molecule has 4 nitrogen and oxygen atoms in total. The van der Waals surface area contributed by atoms with Crippen molar-refractivity contribution in [2.75, 3.05) is 19.7 Å². The van der Waals surface area contributed by atoms with Gasteiger partial charge in [0.2, 0.25) is 0 Å². The average molecular weight is 319 g/mol. The van der Waals surface area contributed by atoms with Crippen molar-refractivity contribution < 1.29 is 14.6 Å². The molecular weight excluding hydrogens is 290 g/mol. The Bertz CT molecular complexity index is 490. The minimum Gasteiger partial charge on any atom is -0.508 e. The van der Waals surface area contributed by atoms with Crippen LogP contribution in [-0.2, 0) is 9.53 Å². The smallest absolute Gasteiger partial charge is 0.251 e. The van der Waals surface area contributed by atoms with Gasteiger partial charge in [0, 0.05) is 19.7 Å². The van der Waals surface area contributed by atoms with Crippen LogP contribution in [0.3, 0.4) is 0 Å². The molecule has 0 saturated carbocycles. The summed E-state index contributed by atoms with van der Waals surface area (Å²) < 4.78 is 5.67. The van der Waals surface area contributed by atoms with Gasteiger partial charge in [-0.25, -0.2) is 0 Å². The zero-order valence-electron chi connectivity index (χ0n) is 14.5. The van der Waals surface area contributed by atoms with E-state index in [1.54, 1.807) is 12.1 Å². The highest BCUT2D eigenvalue weighted by molar-refractivity contribution is 5.80. The van der Waals surface area contributed by atoms with E-state index in [-0.39, 0.29) is 12.0 Å². The number of phenolic OH excluding ortho intramolecular Hbond substituents is 1. The maximum absolute atomic E-state index is 12.4. The lowest BCUT2D eigenvalue weighted by Gasteiger charge is -2.33. The third-order valence-electron chi connectivity index (χ3n) is 4.58. The number of carbonyl (C=O) groups is 1. The quantitative estimate of drug-likeness (QED) is 0.872. The number of rotatable bonds is 6. The molecule has 1 N–H and O–H groups in total. The van der Waals surface area contributed by atoms with E-state index in [0.717, 1.165) is 32.4 Å². The number of likely N-dealkylation sites (tertiary alicyclic amines) is 1. The molecule has 0 aliphatic carbocycles. The fourth-order valence-electron chi connectivity index (χ4n) is 2.99. The molecular formula is C19H29NO3. The van der Waals surface area contributed by atoms with Gasteiger partial charge in [0.05, 0.1) is 0 Å². The largest absolute Gasteiger partial charge is 0.508 e. The van der Waals surface area contributed by atoms with E-state index in [9.17, 15) is 9.90 Å². The molecule has 2 rings (SSSR count). The second-order valence-corrected chi connectivity index (χ2v) is 6.89. The lowest BCUT2D eigenvalue weighted by Crippen LogP contribution is -2.43. The summed E-state index contributed by atoms with van der Waals surface area (Å²) in [5.41, 5.74) is 1.25. The zero-order chi connectivity index (χ0) is 16.8. The maximum Gasteiger partial charge on any atom is 0.251 e. The predicted molar refractivity (Wildman–Crippen MR) is 91.5 cm³/mol.